The second-order valence-electron chi connectivity index (χ2n) is 4.61. The predicted octanol–water partition coefficient (Wildman–Crippen LogP) is 5.07. The van der Waals surface area contributed by atoms with Gasteiger partial charge in [-0.15, -0.1) is 11.3 Å². The Morgan fingerprint density at radius 1 is 1.16 bits per heavy atom. The average molecular weight is 402 g/mol. The molecule has 1 aliphatic rings. The highest BCUT2D eigenvalue weighted by Gasteiger charge is 2.13. The number of aromatic nitrogens is 1. The third-order valence-corrected chi connectivity index (χ3v) is 5.77. The van der Waals surface area contributed by atoms with E-state index in [1.807, 2.05) is 0 Å². The van der Waals surface area contributed by atoms with Crippen molar-refractivity contribution in [2.75, 3.05) is 18.0 Å². The Morgan fingerprint density at radius 3 is 2.42 bits per heavy atom. The van der Waals surface area contributed by atoms with Crippen molar-refractivity contribution in [3.05, 3.63) is 33.7 Å². The van der Waals surface area contributed by atoms with Crippen molar-refractivity contribution in [1.82, 2.24) is 4.98 Å². The lowest BCUT2D eigenvalue weighted by molar-refractivity contribution is 0.949. The fraction of sp³-hybridized carbons (Fsp3) is 0.357. The molecule has 0 unspecified atom stereocenters. The summed E-state index contributed by atoms with van der Waals surface area (Å²) in [6, 6.07) is 8.78. The molecule has 0 amide bonds. The minimum Gasteiger partial charge on any atom is -0.372 e. The summed E-state index contributed by atoms with van der Waals surface area (Å²) in [5.41, 5.74) is 3.60. The molecule has 1 aliphatic heterocycles. The molecule has 1 aromatic heterocycles. The molecular weight excluding hydrogens is 388 g/mol. The molecule has 2 heterocycles. The number of rotatable bonds is 3. The third-order valence-electron chi connectivity index (χ3n) is 3.36. The van der Waals surface area contributed by atoms with Crippen molar-refractivity contribution < 1.29 is 0 Å². The summed E-state index contributed by atoms with van der Waals surface area (Å²) in [6.07, 6.45) is 2.63. The molecule has 19 heavy (non-hydrogen) atoms. The molecule has 0 atom stereocenters. The van der Waals surface area contributed by atoms with E-state index in [1.165, 1.54) is 37.2 Å². The van der Waals surface area contributed by atoms with Crippen molar-refractivity contribution in [1.29, 1.82) is 0 Å². The average Bonchev–Trinajstić information content (AvgIpc) is 3.08. The van der Waals surface area contributed by atoms with E-state index in [2.05, 4.69) is 66.0 Å². The van der Waals surface area contributed by atoms with Crippen LogP contribution in [0.3, 0.4) is 0 Å². The fourth-order valence-electron chi connectivity index (χ4n) is 2.33. The molecule has 3 rings (SSSR count). The molecule has 100 valence electrons. The Hall–Kier alpha value is -0.390. The van der Waals surface area contributed by atoms with Crippen molar-refractivity contribution in [2.24, 2.45) is 0 Å². The number of halogens is 2. The summed E-state index contributed by atoms with van der Waals surface area (Å²) in [5, 5.41) is 1.87. The van der Waals surface area contributed by atoms with Crippen LogP contribution in [-0.2, 0) is 5.33 Å². The number of nitrogens with zero attached hydrogens (tertiary/aromatic N) is 2. The molecule has 1 aromatic carbocycles. The van der Waals surface area contributed by atoms with Crippen LogP contribution in [0.15, 0.2) is 28.1 Å². The van der Waals surface area contributed by atoms with Gasteiger partial charge >= 0.3 is 0 Å². The molecule has 0 spiro atoms. The van der Waals surface area contributed by atoms with Gasteiger partial charge in [0.15, 0.2) is 0 Å². The highest BCUT2D eigenvalue weighted by atomic mass is 79.9. The molecule has 2 nitrogen and oxygen atoms in total. The zero-order chi connectivity index (χ0) is 13.2. The van der Waals surface area contributed by atoms with E-state index >= 15 is 0 Å². The highest BCUT2D eigenvalue weighted by molar-refractivity contribution is 9.11. The van der Waals surface area contributed by atoms with Crippen LogP contribution in [0, 0.1) is 0 Å². The summed E-state index contributed by atoms with van der Waals surface area (Å²) in [5.74, 6) is 0. The van der Waals surface area contributed by atoms with Crippen molar-refractivity contribution in [3.63, 3.8) is 0 Å². The number of benzene rings is 1. The highest BCUT2D eigenvalue weighted by Crippen LogP contribution is 2.34. The summed E-state index contributed by atoms with van der Waals surface area (Å²) in [6.45, 7) is 2.38. The molecule has 0 saturated carbocycles. The van der Waals surface area contributed by atoms with Crippen LogP contribution in [-0.4, -0.2) is 18.1 Å². The number of hydrogen-bond acceptors (Lipinski definition) is 3. The zero-order valence-corrected chi connectivity index (χ0v) is 14.4. The van der Waals surface area contributed by atoms with E-state index in [-0.39, 0.29) is 0 Å². The predicted molar refractivity (Wildman–Crippen MR) is 89.3 cm³/mol. The number of hydrogen-bond donors (Lipinski definition) is 0. The van der Waals surface area contributed by atoms with Gasteiger partial charge in [0.2, 0.25) is 0 Å². The summed E-state index contributed by atoms with van der Waals surface area (Å²) < 4.78 is 1.11. The van der Waals surface area contributed by atoms with Gasteiger partial charge in [-0.1, -0.05) is 15.9 Å². The van der Waals surface area contributed by atoms with E-state index in [9.17, 15) is 0 Å². The minimum atomic E-state index is 0.788. The Balaban J connectivity index is 1.84. The first-order valence-corrected chi connectivity index (χ1v) is 9.07. The first kappa shape index (κ1) is 13.6. The lowest BCUT2D eigenvalue weighted by Gasteiger charge is -2.17. The topological polar surface area (TPSA) is 16.1 Å². The normalized spacial score (nSPS) is 15.2. The standard InChI is InChI=1S/C14H14Br2N2S/c15-9-12-13(16)19-14(17-12)10-3-5-11(6-4-10)18-7-1-2-8-18/h3-6H,1-2,7-9H2. The van der Waals surface area contributed by atoms with E-state index in [0.29, 0.717) is 0 Å². The zero-order valence-electron chi connectivity index (χ0n) is 10.4. The minimum absolute atomic E-state index is 0.788. The number of thiazole rings is 1. The van der Waals surface area contributed by atoms with Gasteiger partial charge in [0.1, 0.15) is 5.01 Å². The molecule has 1 fully saturated rings. The number of alkyl halides is 1. The third kappa shape index (κ3) is 2.88. The quantitative estimate of drug-likeness (QED) is 0.667. The van der Waals surface area contributed by atoms with Crippen LogP contribution in [0.1, 0.15) is 18.5 Å². The molecule has 0 aliphatic carbocycles. The molecule has 1 saturated heterocycles. The Morgan fingerprint density at radius 2 is 1.84 bits per heavy atom. The molecular formula is C14H14Br2N2S. The summed E-state index contributed by atoms with van der Waals surface area (Å²) in [4.78, 5) is 7.09. The van der Waals surface area contributed by atoms with Crippen LogP contribution in [0.5, 0.6) is 0 Å². The van der Waals surface area contributed by atoms with E-state index in [1.54, 1.807) is 11.3 Å². The lowest BCUT2D eigenvalue weighted by atomic mass is 10.2. The van der Waals surface area contributed by atoms with Crippen molar-refractivity contribution in [3.8, 4) is 10.6 Å². The molecule has 0 radical (unpaired) electrons. The van der Waals surface area contributed by atoms with Crippen molar-refractivity contribution in [2.45, 2.75) is 18.2 Å². The van der Waals surface area contributed by atoms with Crippen LogP contribution in [0.2, 0.25) is 0 Å². The second-order valence-corrected chi connectivity index (χ2v) is 7.49. The van der Waals surface area contributed by atoms with Gasteiger partial charge in [-0.2, -0.15) is 0 Å². The first-order chi connectivity index (χ1) is 9.28. The SMILES string of the molecule is BrCc1nc(-c2ccc(N3CCCC3)cc2)sc1Br. The van der Waals surface area contributed by atoms with Gasteiger partial charge in [0.25, 0.3) is 0 Å². The molecule has 2 aromatic rings. The van der Waals surface area contributed by atoms with Gasteiger partial charge in [-0.05, 0) is 53.0 Å². The lowest BCUT2D eigenvalue weighted by Crippen LogP contribution is -2.17. The van der Waals surface area contributed by atoms with E-state index in [4.69, 9.17) is 0 Å². The second kappa shape index (κ2) is 5.94. The van der Waals surface area contributed by atoms with Crippen molar-refractivity contribution >= 4 is 48.9 Å². The molecule has 0 N–H and O–H groups in total. The van der Waals surface area contributed by atoms with Crippen LogP contribution < -0.4 is 4.90 Å². The van der Waals surface area contributed by atoms with Gasteiger partial charge in [0.05, 0.1) is 9.48 Å². The maximum Gasteiger partial charge on any atom is 0.124 e. The summed E-state index contributed by atoms with van der Waals surface area (Å²) in [7, 11) is 0. The number of anilines is 1. The largest absolute Gasteiger partial charge is 0.372 e. The van der Waals surface area contributed by atoms with E-state index in [0.717, 1.165) is 19.8 Å². The molecule has 0 bridgehead atoms. The van der Waals surface area contributed by atoms with Gasteiger partial charge < -0.3 is 4.90 Å². The first-order valence-electron chi connectivity index (χ1n) is 6.34. The van der Waals surface area contributed by atoms with Gasteiger partial charge in [-0.3, -0.25) is 0 Å². The monoisotopic (exact) mass is 400 g/mol. The summed E-state index contributed by atoms with van der Waals surface area (Å²) >= 11 is 8.71. The van der Waals surface area contributed by atoms with Crippen LogP contribution >= 0.6 is 43.2 Å². The van der Waals surface area contributed by atoms with Gasteiger partial charge in [0, 0.05) is 29.7 Å². The smallest absolute Gasteiger partial charge is 0.124 e. The maximum absolute atomic E-state index is 4.64. The fourth-order valence-corrected chi connectivity index (χ4v) is 4.80. The van der Waals surface area contributed by atoms with E-state index < -0.39 is 0 Å². The van der Waals surface area contributed by atoms with Gasteiger partial charge in [-0.25, -0.2) is 4.98 Å². The van der Waals surface area contributed by atoms with Crippen LogP contribution in [0.4, 0.5) is 5.69 Å². The maximum atomic E-state index is 4.64. The molecule has 5 heteroatoms. The van der Waals surface area contributed by atoms with Crippen LogP contribution in [0.25, 0.3) is 10.6 Å². The Kier molecular flexibility index (Phi) is 4.24. The Bertz CT molecular complexity index is 559. The Labute approximate surface area is 134 Å².